The Kier molecular flexibility index (Phi) is 3.82. The molecule has 0 spiro atoms. The minimum absolute atomic E-state index is 0.306. The van der Waals surface area contributed by atoms with Crippen LogP contribution in [-0.4, -0.2) is 54.0 Å². The number of nitrogens with zero attached hydrogens (tertiary/aromatic N) is 2. The van der Waals surface area contributed by atoms with E-state index in [1.807, 2.05) is 4.90 Å². The molecule has 2 rings (SSSR count). The van der Waals surface area contributed by atoms with Crippen molar-refractivity contribution in [2.24, 2.45) is 5.73 Å². The number of amides is 1. The van der Waals surface area contributed by atoms with E-state index in [2.05, 4.69) is 11.8 Å². The van der Waals surface area contributed by atoms with Crippen molar-refractivity contribution in [2.45, 2.75) is 44.7 Å². The van der Waals surface area contributed by atoms with Gasteiger partial charge >= 0.3 is 0 Å². The van der Waals surface area contributed by atoms with E-state index in [0.717, 1.165) is 45.3 Å². The molecule has 0 aliphatic carbocycles. The van der Waals surface area contributed by atoms with Crippen molar-refractivity contribution < 1.29 is 4.79 Å². The zero-order chi connectivity index (χ0) is 11.5. The molecule has 0 bridgehead atoms. The molecule has 1 amide bonds. The summed E-state index contributed by atoms with van der Waals surface area (Å²) in [5, 5.41) is 0. The number of carbonyl (C=O) groups is 1. The van der Waals surface area contributed by atoms with Gasteiger partial charge in [-0.2, -0.15) is 0 Å². The van der Waals surface area contributed by atoms with Gasteiger partial charge in [-0.15, -0.1) is 0 Å². The number of piperidine rings is 1. The second-order valence-electron chi connectivity index (χ2n) is 5.19. The van der Waals surface area contributed by atoms with Gasteiger partial charge in [0.2, 0.25) is 5.91 Å². The van der Waals surface area contributed by atoms with Gasteiger partial charge in [-0.05, 0) is 32.6 Å². The van der Waals surface area contributed by atoms with Crippen LogP contribution in [0.3, 0.4) is 0 Å². The smallest absolute Gasteiger partial charge is 0.236 e. The van der Waals surface area contributed by atoms with E-state index in [-0.39, 0.29) is 0 Å². The highest BCUT2D eigenvalue weighted by Crippen LogP contribution is 2.17. The Balaban J connectivity index is 1.78. The van der Waals surface area contributed by atoms with Crippen LogP contribution in [0.4, 0.5) is 0 Å². The molecule has 0 radical (unpaired) electrons. The normalized spacial score (nSPS) is 28.6. The summed E-state index contributed by atoms with van der Waals surface area (Å²) in [6, 6.07) is 0.789. The second kappa shape index (κ2) is 5.15. The molecule has 0 saturated carbocycles. The molecule has 2 N–H and O–H groups in total. The zero-order valence-electron chi connectivity index (χ0n) is 10.2. The number of hydrogen-bond donors (Lipinski definition) is 1. The molecule has 2 saturated heterocycles. The fourth-order valence-electron chi connectivity index (χ4n) is 2.70. The molecule has 1 unspecified atom stereocenters. The topological polar surface area (TPSA) is 49.6 Å². The molecular formula is C12H23N3O. The fourth-order valence-corrected chi connectivity index (χ4v) is 2.70. The van der Waals surface area contributed by atoms with Gasteiger partial charge < -0.3 is 10.6 Å². The standard InChI is InChI=1S/C12H23N3O/c1-10-3-2-6-15(10)12(16)9-14-7-4-11(13)5-8-14/h10-11H,2-9,13H2,1H3. The lowest BCUT2D eigenvalue weighted by Crippen LogP contribution is -2.46. The van der Waals surface area contributed by atoms with Crippen LogP contribution in [0.1, 0.15) is 32.6 Å². The highest BCUT2D eigenvalue weighted by molar-refractivity contribution is 5.78. The van der Waals surface area contributed by atoms with E-state index in [0.29, 0.717) is 24.5 Å². The van der Waals surface area contributed by atoms with Gasteiger partial charge in [-0.3, -0.25) is 9.69 Å². The Morgan fingerprint density at radius 1 is 1.25 bits per heavy atom. The van der Waals surface area contributed by atoms with Crippen LogP contribution in [0, 0.1) is 0 Å². The van der Waals surface area contributed by atoms with Gasteiger partial charge in [0.05, 0.1) is 6.54 Å². The average Bonchev–Trinajstić information content (AvgIpc) is 2.68. The van der Waals surface area contributed by atoms with Crippen molar-refractivity contribution in [3.8, 4) is 0 Å². The van der Waals surface area contributed by atoms with E-state index in [4.69, 9.17) is 5.73 Å². The molecule has 0 aromatic rings. The van der Waals surface area contributed by atoms with E-state index in [9.17, 15) is 4.79 Å². The molecule has 0 aromatic heterocycles. The van der Waals surface area contributed by atoms with Gasteiger partial charge in [0.1, 0.15) is 0 Å². The van der Waals surface area contributed by atoms with E-state index in [1.165, 1.54) is 0 Å². The Bertz CT molecular complexity index is 249. The molecule has 2 aliphatic heterocycles. The van der Waals surface area contributed by atoms with Crippen molar-refractivity contribution >= 4 is 5.91 Å². The summed E-state index contributed by atoms with van der Waals surface area (Å²) in [6.07, 6.45) is 4.39. The highest BCUT2D eigenvalue weighted by atomic mass is 16.2. The summed E-state index contributed by atoms with van der Waals surface area (Å²) in [5.41, 5.74) is 5.85. The molecule has 1 atom stereocenters. The highest BCUT2D eigenvalue weighted by Gasteiger charge is 2.27. The van der Waals surface area contributed by atoms with Crippen molar-refractivity contribution in [2.75, 3.05) is 26.2 Å². The van der Waals surface area contributed by atoms with Crippen LogP contribution in [0.5, 0.6) is 0 Å². The van der Waals surface area contributed by atoms with Gasteiger partial charge in [0, 0.05) is 31.7 Å². The number of nitrogens with two attached hydrogens (primary N) is 1. The molecule has 92 valence electrons. The summed E-state index contributed by atoms with van der Waals surface area (Å²) in [5.74, 6) is 0.306. The Morgan fingerprint density at radius 2 is 1.94 bits per heavy atom. The lowest BCUT2D eigenvalue weighted by atomic mass is 10.1. The van der Waals surface area contributed by atoms with Crippen molar-refractivity contribution in [3.05, 3.63) is 0 Å². The van der Waals surface area contributed by atoms with Crippen LogP contribution in [0.15, 0.2) is 0 Å². The van der Waals surface area contributed by atoms with E-state index >= 15 is 0 Å². The first-order chi connectivity index (χ1) is 7.66. The Labute approximate surface area is 97.8 Å². The molecule has 2 heterocycles. The molecule has 4 heteroatoms. The third-order valence-electron chi connectivity index (χ3n) is 3.86. The third kappa shape index (κ3) is 2.74. The van der Waals surface area contributed by atoms with E-state index in [1.54, 1.807) is 0 Å². The lowest BCUT2D eigenvalue weighted by molar-refractivity contribution is -0.133. The Morgan fingerprint density at radius 3 is 2.50 bits per heavy atom. The van der Waals surface area contributed by atoms with Crippen molar-refractivity contribution in [3.63, 3.8) is 0 Å². The molecule has 4 nitrogen and oxygen atoms in total. The molecule has 0 aromatic carbocycles. The average molecular weight is 225 g/mol. The monoisotopic (exact) mass is 225 g/mol. The van der Waals surface area contributed by atoms with Gasteiger partial charge in [0.25, 0.3) is 0 Å². The molecule has 2 fully saturated rings. The second-order valence-corrected chi connectivity index (χ2v) is 5.19. The maximum absolute atomic E-state index is 12.1. The maximum atomic E-state index is 12.1. The predicted molar refractivity (Wildman–Crippen MR) is 64.1 cm³/mol. The van der Waals surface area contributed by atoms with Crippen LogP contribution in [0.2, 0.25) is 0 Å². The molecular weight excluding hydrogens is 202 g/mol. The van der Waals surface area contributed by atoms with Crippen molar-refractivity contribution in [1.82, 2.24) is 9.80 Å². The Hall–Kier alpha value is -0.610. The maximum Gasteiger partial charge on any atom is 0.236 e. The minimum atomic E-state index is 0.306. The lowest BCUT2D eigenvalue weighted by Gasteiger charge is -2.31. The van der Waals surface area contributed by atoms with Crippen molar-refractivity contribution in [1.29, 1.82) is 0 Å². The summed E-state index contributed by atoms with van der Waals surface area (Å²) >= 11 is 0. The third-order valence-corrected chi connectivity index (χ3v) is 3.86. The molecule has 16 heavy (non-hydrogen) atoms. The van der Waals surface area contributed by atoms with E-state index < -0.39 is 0 Å². The van der Waals surface area contributed by atoms with Crippen LogP contribution < -0.4 is 5.73 Å². The fraction of sp³-hybridized carbons (Fsp3) is 0.917. The zero-order valence-corrected chi connectivity index (χ0v) is 10.2. The van der Waals surface area contributed by atoms with Gasteiger partial charge in [-0.1, -0.05) is 0 Å². The van der Waals surface area contributed by atoms with Crippen LogP contribution in [-0.2, 0) is 4.79 Å². The summed E-state index contributed by atoms with van der Waals surface area (Å²) in [7, 11) is 0. The number of rotatable bonds is 2. The summed E-state index contributed by atoms with van der Waals surface area (Å²) in [4.78, 5) is 16.3. The minimum Gasteiger partial charge on any atom is -0.339 e. The van der Waals surface area contributed by atoms with Crippen LogP contribution >= 0.6 is 0 Å². The quantitative estimate of drug-likeness (QED) is 0.741. The molecule has 2 aliphatic rings. The first-order valence-corrected chi connectivity index (χ1v) is 6.44. The number of hydrogen-bond acceptors (Lipinski definition) is 3. The first-order valence-electron chi connectivity index (χ1n) is 6.44. The largest absolute Gasteiger partial charge is 0.339 e. The summed E-state index contributed by atoms with van der Waals surface area (Å²) in [6.45, 7) is 5.66. The van der Waals surface area contributed by atoms with Gasteiger partial charge in [0.15, 0.2) is 0 Å². The van der Waals surface area contributed by atoms with Crippen LogP contribution in [0.25, 0.3) is 0 Å². The predicted octanol–water partition coefficient (Wildman–Crippen LogP) is 0.420. The SMILES string of the molecule is CC1CCCN1C(=O)CN1CCC(N)CC1. The first kappa shape index (κ1) is 11.9. The number of carbonyl (C=O) groups excluding carboxylic acids is 1. The van der Waals surface area contributed by atoms with Gasteiger partial charge in [-0.25, -0.2) is 0 Å². The number of likely N-dealkylation sites (tertiary alicyclic amines) is 2. The summed E-state index contributed by atoms with van der Waals surface area (Å²) < 4.78 is 0.